The van der Waals surface area contributed by atoms with E-state index in [0.29, 0.717) is 12.1 Å². The van der Waals surface area contributed by atoms with Gasteiger partial charge in [0.25, 0.3) is 0 Å². The Bertz CT molecular complexity index is 214. The van der Waals surface area contributed by atoms with Crippen LogP contribution in [0.3, 0.4) is 0 Å². The van der Waals surface area contributed by atoms with Gasteiger partial charge >= 0.3 is 0 Å². The number of hydrogen-bond acceptors (Lipinski definition) is 4. The first-order valence-corrected chi connectivity index (χ1v) is 7.12. The van der Waals surface area contributed by atoms with Gasteiger partial charge in [-0.15, -0.1) is 0 Å². The third-order valence-corrected chi connectivity index (χ3v) is 3.83. The zero-order chi connectivity index (χ0) is 13.4. The molecule has 108 valence electrons. The lowest BCUT2D eigenvalue weighted by molar-refractivity contribution is 0.0645. The number of nitrogens with one attached hydrogen (secondary N) is 1. The van der Waals surface area contributed by atoms with Crippen molar-refractivity contribution in [1.29, 1.82) is 0 Å². The Morgan fingerprint density at radius 1 is 1.33 bits per heavy atom. The summed E-state index contributed by atoms with van der Waals surface area (Å²) in [4.78, 5) is 2.47. The van der Waals surface area contributed by atoms with Gasteiger partial charge in [-0.25, -0.2) is 0 Å². The molecule has 1 heterocycles. The van der Waals surface area contributed by atoms with E-state index in [9.17, 15) is 0 Å². The number of methoxy groups -OCH3 is 2. The first-order chi connectivity index (χ1) is 8.67. The molecule has 0 aromatic heterocycles. The van der Waals surface area contributed by atoms with Crippen LogP contribution in [-0.4, -0.2) is 64.1 Å². The second-order valence-corrected chi connectivity index (χ2v) is 5.57. The number of hydrogen-bond donors (Lipinski definition) is 1. The molecule has 1 rings (SSSR count). The summed E-state index contributed by atoms with van der Waals surface area (Å²) >= 11 is 0. The number of piperidine rings is 1. The molecule has 4 heteroatoms. The number of ether oxygens (including phenoxy) is 2. The van der Waals surface area contributed by atoms with Gasteiger partial charge < -0.3 is 14.8 Å². The van der Waals surface area contributed by atoms with E-state index in [2.05, 4.69) is 24.1 Å². The van der Waals surface area contributed by atoms with Crippen LogP contribution in [0.2, 0.25) is 0 Å². The highest BCUT2D eigenvalue weighted by Gasteiger charge is 2.23. The van der Waals surface area contributed by atoms with Crippen LogP contribution in [0, 0.1) is 5.92 Å². The zero-order valence-electron chi connectivity index (χ0n) is 12.4. The van der Waals surface area contributed by atoms with Crippen molar-refractivity contribution in [2.45, 2.75) is 38.8 Å². The van der Waals surface area contributed by atoms with Crippen LogP contribution in [0.4, 0.5) is 0 Å². The van der Waals surface area contributed by atoms with Crippen LogP contribution < -0.4 is 5.32 Å². The van der Waals surface area contributed by atoms with Crippen molar-refractivity contribution >= 4 is 0 Å². The molecule has 1 N–H and O–H groups in total. The average molecular weight is 258 g/mol. The summed E-state index contributed by atoms with van der Waals surface area (Å²) in [5, 5.41) is 3.63. The van der Waals surface area contributed by atoms with Crippen molar-refractivity contribution in [2.24, 2.45) is 5.92 Å². The van der Waals surface area contributed by atoms with Crippen molar-refractivity contribution in [3.63, 3.8) is 0 Å². The van der Waals surface area contributed by atoms with E-state index in [1.54, 1.807) is 14.2 Å². The molecule has 3 atom stereocenters. The molecule has 0 aromatic rings. The lowest BCUT2D eigenvalue weighted by Crippen LogP contribution is -2.49. The molecule has 1 saturated heterocycles. The molecule has 0 aromatic carbocycles. The summed E-state index contributed by atoms with van der Waals surface area (Å²) in [5.74, 6) is 0.846. The highest BCUT2D eigenvalue weighted by molar-refractivity contribution is 4.81. The molecule has 4 nitrogen and oxygen atoms in total. The summed E-state index contributed by atoms with van der Waals surface area (Å²) in [7, 11) is 3.53. The van der Waals surface area contributed by atoms with Gasteiger partial charge in [0.1, 0.15) is 0 Å². The predicted octanol–water partition coefficient (Wildman–Crippen LogP) is 1.36. The Hall–Kier alpha value is -0.160. The van der Waals surface area contributed by atoms with Crippen LogP contribution in [0.15, 0.2) is 0 Å². The van der Waals surface area contributed by atoms with Crippen molar-refractivity contribution in [3.05, 3.63) is 0 Å². The van der Waals surface area contributed by atoms with Crippen LogP contribution in [0.25, 0.3) is 0 Å². The summed E-state index contributed by atoms with van der Waals surface area (Å²) in [6.45, 7) is 9.38. The molecule has 0 aliphatic carbocycles. The highest BCUT2D eigenvalue weighted by Crippen LogP contribution is 2.16. The van der Waals surface area contributed by atoms with Crippen LogP contribution in [0.5, 0.6) is 0 Å². The quantitative estimate of drug-likeness (QED) is 0.713. The van der Waals surface area contributed by atoms with Gasteiger partial charge in [-0.3, -0.25) is 4.90 Å². The minimum atomic E-state index is 0.448. The molecular formula is C14H30N2O2. The monoisotopic (exact) mass is 258 g/mol. The molecule has 0 radical (unpaired) electrons. The van der Waals surface area contributed by atoms with Crippen LogP contribution >= 0.6 is 0 Å². The maximum Gasteiger partial charge on any atom is 0.0615 e. The van der Waals surface area contributed by atoms with E-state index < -0.39 is 0 Å². The van der Waals surface area contributed by atoms with Crippen molar-refractivity contribution in [1.82, 2.24) is 10.2 Å². The van der Waals surface area contributed by atoms with E-state index in [-0.39, 0.29) is 0 Å². The second kappa shape index (κ2) is 8.86. The maximum absolute atomic E-state index is 5.27. The van der Waals surface area contributed by atoms with Crippen molar-refractivity contribution < 1.29 is 9.47 Å². The molecule has 0 saturated carbocycles. The standard InChI is InChI=1S/C14H30N2O2/c1-12-5-6-15-14(9-12)10-16(7-8-17-3)13(2)11-18-4/h12-15H,5-11H2,1-4H3. The molecule has 3 unspecified atom stereocenters. The van der Waals surface area contributed by atoms with Gasteiger partial charge in [0.05, 0.1) is 13.2 Å². The SMILES string of the molecule is COCCN(CC1CC(C)CCN1)C(C)COC. The third-order valence-electron chi connectivity index (χ3n) is 3.83. The topological polar surface area (TPSA) is 33.7 Å². The summed E-state index contributed by atoms with van der Waals surface area (Å²) in [6.07, 6.45) is 2.59. The van der Waals surface area contributed by atoms with Gasteiger partial charge in [-0.1, -0.05) is 6.92 Å². The van der Waals surface area contributed by atoms with Gasteiger partial charge in [-0.05, 0) is 32.2 Å². The Morgan fingerprint density at radius 2 is 2.11 bits per heavy atom. The predicted molar refractivity (Wildman–Crippen MR) is 75.0 cm³/mol. The molecule has 1 aliphatic heterocycles. The van der Waals surface area contributed by atoms with Crippen molar-refractivity contribution in [3.8, 4) is 0 Å². The van der Waals surface area contributed by atoms with E-state index in [1.807, 2.05) is 0 Å². The van der Waals surface area contributed by atoms with Crippen LogP contribution in [0.1, 0.15) is 26.7 Å². The zero-order valence-corrected chi connectivity index (χ0v) is 12.4. The first-order valence-electron chi connectivity index (χ1n) is 7.12. The Morgan fingerprint density at radius 3 is 2.72 bits per heavy atom. The number of nitrogens with zero attached hydrogens (tertiary/aromatic N) is 1. The maximum atomic E-state index is 5.27. The fraction of sp³-hybridized carbons (Fsp3) is 1.00. The molecule has 18 heavy (non-hydrogen) atoms. The Balaban J connectivity index is 2.42. The van der Waals surface area contributed by atoms with Gasteiger partial charge in [0.15, 0.2) is 0 Å². The van der Waals surface area contributed by atoms with E-state index in [4.69, 9.17) is 9.47 Å². The van der Waals surface area contributed by atoms with Gasteiger partial charge in [-0.2, -0.15) is 0 Å². The molecule has 0 spiro atoms. The lowest BCUT2D eigenvalue weighted by Gasteiger charge is -2.35. The normalized spacial score (nSPS) is 26.5. The Labute approximate surface area is 112 Å². The lowest BCUT2D eigenvalue weighted by atomic mass is 9.94. The molecule has 0 amide bonds. The van der Waals surface area contributed by atoms with Gasteiger partial charge in [0, 0.05) is 39.4 Å². The highest BCUT2D eigenvalue weighted by atomic mass is 16.5. The summed E-state index contributed by atoms with van der Waals surface area (Å²) in [6, 6.07) is 1.06. The molecule has 1 aliphatic rings. The van der Waals surface area contributed by atoms with Crippen molar-refractivity contribution in [2.75, 3.05) is 47.1 Å². The largest absolute Gasteiger partial charge is 0.383 e. The third kappa shape index (κ3) is 5.65. The molecular weight excluding hydrogens is 228 g/mol. The minimum Gasteiger partial charge on any atom is -0.383 e. The average Bonchev–Trinajstić information content (AvgIpc) is 2.34. The fourth-order valence-corrected chi connectivity index (χ4v) is 2.69. The van der Waals surface area contributed by atoms with E-state index in [0.717, 1.165) is 38.8 Å². The molecule has 0 bridgehead atoms. The van der Waals surface area contributed by atoms with E-state index >= 15 is 0 Å². The first kappa shape index (κ1) is 15.9. The second-order valence-electron chi connectivity index (χ2n) is 5.57. The minimum absolute atomic E-state index is 0.448. The summed E-state index contributed by atoms with van der Waals surface area (Å²) in [5.41, 5.74) is 0. The molecule has 1 fully saturated rings. The van der Waals surface area contributed by atoms with Crippen LogP contribution in [-0.2, 0) is 9.47 Å². The fourth-order valence-electron chi connectivity index (χ4n) is 2.69. The number of rotatable bonds is 8. The van der Waals surface area contributed by atoms with E-state index in [1.165, 1.54) is 12.8 Å². The smallest absolute Gasteiger partial charge is 0.0615 e. The van der Waals surface area contributed by atoms with Gasteiger partial charge in [0.2, 0.25) is 0 Å². The Kier molecular flexibility index (Phi) is 7.82. The summed E-state index contributed by atoms with van der Waals surface area (Å²) < 4.78 is 10.5.